The van der Waals surface area contributed by atoms with Crippen molar-refractivity contribution in [3.05, 3.63) is 57.8 Å². The zero-order valence-corrected chi connectivity index (χ0v) is 26.6. The number of allylic oxidation sites excluding steroid dienone is 2. The van der Waals surface area contributed by atoms with Gasteiger partial charge >= 0.3 is 0 Å². The van der Waals surface area contributed by atoms with Gasteiger partial charge in [0.1, 0.15) is 70.9 Å². The number of phenols is 1. The third kappa shape index (κ3) is 6.74. The molecule has 0 unspecified atom stereocenters. The second-order valence-electron chi connectivity index (χ2n) is 12.0. The van der Waals surface area contributed by atoms with Gasteiger partial charge in [-0.3, -0.25) is 4.79 Å². The molecule has 2 aliphatic rings. The Hall–Kier alpha value is -3.77. The maximum absolute atomic E-state index is 14.3. The van der Waals surface area contributed by atoms with Crippen molar-refractivity contribution in [2.45, 2.75) is 88.6 Å². The Labute approximate surface area is 274 Å². The minimum Gasteiger partial charge on any atom is -0.507 e. The number of fused-ring (bicyclic) bond motifs is 1. The molecule has 2 fully saturated rings. The van der Waals surface area contributed by atoms with Gasteiger partial charge in [0, 0.05) is 17.2 Å². The number of rotatable bonds is 9. The van der Waals surface area contributed by atoms with E-state index in [0.717, 1.165) is 11.6 Å². The molecule has 3 aromatic rings. The second kappa shape index (κ2) is 14.4. The molecule has 2 aromatic carbocycles. The fourth-order valence-corrected chi connectivity index (χ4v) is 5.52. The Morgan fingerprint density at radius 2 is 1.50 bits per heavy atom. The van der Waals surface area contributed by atoms with Gasteiger partial charge < -0.3 is 69.0 Å². The van der Waals surface area contributed by atoms with Gasteiger partial charge in [0.05, 0.1) is 19.8 Å². The molecular weight excluding hydrogens is 636 g/mol. The summed E-state index contributed by atoms with van der Waals surface area (Å²) < 4.78 is 34.5. The highest BCUT2D eigenvalue weighted by atomic mass is 16.7. The highest BCUT2D eigenvalue weighted by Crippen LogP contribution is 2.41. The Kier molecular flexibility index (Phi) is 10.6. The van der Waals surface area contributed by atoms with Crippen LogP contribution >= 0.6 is 0 Å². The molecule has 1 aromatic heterocycles. The Bertz CT molecular complexity index is 1680. The minimum absolute atomic E-state index is 0.0725. The van der Waals surface area contributed by atoms with Gasteiger partial charge in [-0.2, -0.15) is 0 Å². The fourth-order valence-electron chi connectivity index (χ4n) is 5.52. The summed E-state index contributed by atoms with van der Waals surface area (Å²) >= 11 is 0. The molecule has 3 heterocycles. The molecule has 8 N–H and O–H groups in total. The van der Waals surface area contributed by atoms with Gasteiger partial charge in [0.25, 0.3) is 0 Å². The summed E-state index contributed by atoms with van der Waals surface area (Å²) in [5.41, 5.74) is 0.341. The lowest BCUT2D eigenvalue weighted by molar-refractivity contribution is -0.277. The van der Waals surface area contributed by atoms with E-state index in [-0.39, 0.29) is 34.5 Å². The van der Waals surface area contributed by atoms with Crippen molar-refractivity contribution in [2.24, 2.45) is 0 Å². The molecule has 0 bridgehead atoms. The number of aromatic hydroxyl groups is 1. The van der Waals surface area contributed by atoms with Crippen molar-refractivity contribution in [3.8, 4) is 34.3 Å². The molecule has 0 spiro atoms. The van der Waals surface area contributed by atoms with Crippen LogP contribution in [0.5, 0.6) is 23.0 Å². The standard InChI is InChI=1S/C33H40O15/c1-13(2)5-10-17-19(45-33-28(42)26(40)23(37)20(12-34)46-33)11-18(35)21-24(38)31(48-32-27(41)25(39)22(36)14(3)44-32)29(47-30(17)21)15-6-8-16(43-4)9-7-15/h5-9,11,14,20,22-23,25-28,32-37,39-42H,10,12H2,1-4H3/t14-,20+,22-,23-,25+,26-,27+,28-,32+,33+/m0/s1. The zero-order valence-electron chi connectivity index (χ0n) is 26.6. The number of benzene rings is 2. The molecule has 0 aliphatic carbocycles. The van der Waals surface area contributed by atoms with Crippen LogP contribution in [0.1, 0.15) is 26.3 Å². The maximum atomic E-state index is 14.3. The summed E-state index contributed by atoms with van der Waals surface area (Å²) in [4.78, 5) is 14.3. The molecule has 15 heteroatoms. The monoisotopic (exact) mass is 676 g/mol. The summed E-state index contributed by atoms with van der Waals surface area (Å²) in [6.45, 7) is 4.40. The largest absolute Gasteiger partial charge is 0.507 e. The van der Waals surface area contributed by atoms with E-state index in [2.05, 4.69) is 0 Å². The lowest BCUT2D eigenvalue weighted by Gasteiger charge is -2.39. The van der Waals surface area contributed by atoms with Crippen molar-refractivity contribution >= 4 is 11.0 Å². The molecule has 0 radical (unpaired) electrons. The molecule has 2 saturated heterocycles. The smallest absolute Gasteiger partial charge is 0.239 e. The number of aliphatic hydroxyl groups excluding tert-OH is 7. The van der Waals surface area contributed by atoms with Gasteiger partial charge in [-0.25, -0.2) is 0 Å². The molecule has 2 aliphatic heterocycles. The average molecular weight is 677 g/mol. The van der Waals surface area contributed by atoms with E-state index in [0.29, 0.717) is 11.3 Å². The number of phenolic OH excluding ortho intramolecular Hbond substituents is 1. The number of aliphatic hydroxyl groups is 7. The van der Waals surface area contributed by atoms with Crippen LogP contribution in [0.25, 0.3) is 22.3 Å². The van der Waals surface area contributed by atoms with E-state index >= 15 is 0 Å². The Balaban J connectivity index is 1.71. The fraction of sp³-hybridized carbons (Fsp3) is 0.485. The molecule has 0 amide bonds. The van der Waals surface area contributed by atoms with Gasteiger partial charge in [-0.1, -0.05) is 11.6 Å². The van der Waals surface area contributed by atoms with Crippen LogP contribution in [0.15, 0.2) is 51.2 Å². The van der Waals surface area contributed by atoms with Gasteiger partial charge in [-0.05, 0) is 51.5 Å². The van der Waals surface area contributed by atoms with E-state index in [1.165, 1.54) is 14.0 Å². The van der Waals surface area contributed by atoms with Crippen LogP contribution in [-0.4, -0.2) is 116 Å². The van der Waals surface area contributed by atoms with Crippen molar-refractivity contribution in [1.29, 1.82) is 0 Å². The van der Waals surface area contributed by atoms with Crippen molar-refractivity contribution in [1.82, 2.24) is 0 Å². The average Bonchev–Trinajstić information content (AvgIpc) is 3.06. The van der Waals surface area contributed by atoms with Crippen molar-refractivity contribution < 1.29 is 69.0 Å². The Morgan fingerprint density at radius 3 is 2.10 bits per heavy atom. The summed E-state index contributed by atoms with van der Waals surface area (Å²) in [5, 5.41) is 82.9. The summed E-state index contributed by atoms with van der Waals surface area (Å²) in [7, 11) is 1.47. The predicted octanol–water partition coefficient (Wildman–Crippen LogP) is 0.0679. The number of hydrogen-bond donors (Lipinski definition) is 8. The normalized spacial score (nSPS) is 30.6. The number of ether oxygens (including phenoxy) is 5. The van der Waals surface area contributed by atoms with E-state index < -0.39 is 84.9 Å². The lowest BCUT2D eigenvalue weighted by atomic mass is 9.99. The highest BCUT2D eigenvalue weighted by Gasteiger charge is 2.46. The quantitative estimate of drug-likeness (QED) is 0.140. The highest BCUT2D eigenvalue weighted by molar-refractivity contribution is 5.91. The van der Waals surface area contributed by atoms with Gasteiger partial charge in [-0.15, -0.1) is 0 Å². The maximum Gasteiger partial charge on any atom is 0.239 e. The third-order valence-electron chi connectivity index (χ3n) is 8.37. The first-order valence-corrected chi connectivity index (χ1v) is 15.2. The van der Waals surface area contributed by atoms with Crippen LogP contribution in [0.4, 0.5) is 0 Å². The van der Waals surface area contributed by atoms with E-state index in [1.807, 2.05) is 13.8 Å². The third-order valence-corrected chi connectivity index (χ3v) is 8.37. The van der Waals surface area contributed by atoms with Crippen molar-refractivity contribution in [2.75, 3.05) is 13.7 Å². The first-order valence-electron chi connectivity index (χ1n) is 15.2. The first kappa shape index (κ1) is 35.5. The first-order chi connectivity index (χ1) is 22.8. The van der Waals surface area contributed by atoms with Crippen LogP contribution in [0.3, 0.4) is 0 Å². The lowest BCUT2D eigenvalue weighted by Crippen LogP contribution is -2.60. The zero-order chi connectivity index (χ0) is 35.0. The topological polar surface area (TPSA) is 238 Å². The predicted molar refractivity (Wildman–Crippen MR) is 167 cm³/mol. The molecule has 48 heavy (non-hydrogen) atoms. The van der Waals surface area contributed by atoms with Crippen LogP contribution in [0, 0.1) is 0 Å². The number of hydrogen-bond acceptors (Lipinski definition) is 15. The van der Waals surface area contributed by atoms with E-state index in [9.17, 15) is 45.6 Å². The number of methoxy groups -OCH3 is 1. The van der Waals surface area contributed by atoms with Crippen molar-refractivity contribution in [3.63, 3.8) is 0 Å². The van der Waals surface area contributed by atoms with E-state index in [4.69, 9.17) is 28.1 Å². The minimum atomic E-state index is -1.77. The molecule has 15 nitrogen and oxygen atoms in total. The van der Waals surface area contributed by atoms with Crippen LogP contribution in [-0.2, 0) is 15.9 Å². The summed E-state index contributed by atoms with van der Waals surface area (Å²) in [6, 6.07) is 7.41. The second-order valence-corrected chi connectivity index (χ2v) is 12.0. The summed E-state index contributed by atoms with van der Waals surface area (Å²) in [5.74, 6) is -0.922. The van der Waals surface area contributed by atoms with Crippen LogP contribution < -0.4 is 19.6 Å². The van der Waals surface area contributed by atoms with Gasteiger partial charge in [0.2, 0.25) is 23.8 Å². The molecule has 5 rings (SSSR count). The molecule has 10 atom stereocenters. The SMILES string of the molecule is COc1ccc(-c2oc3c(CC=C(C)C)c(O[C@@H]4O[C@H](CO)[C@H](O)[C@H](O)[C@@H]4O)cc(O)c3c(=O)c2O[C@H]2O[C@@H](C)[C@H](O)[C@@H](O)[C@H]2O)cc1. The Morgan fingerprint density at radius 1 is 0.875 bits per heavy atom. The van der Waals surface area contributed by atoms with Crippen LogP contribution in [0.2, 0.25) is 0 Å². The van der Waals surface area contributed by atoms with E-state index in [1.54, 1.807) is 30.3 Å². The molecular formula is C33H40O15. The van der Waals surface area contributed by atoms with Gasteiger partial charge in [0.15, 0.2) is 5.76 Å². The molecule has 262 valence electrons. The molecule has 0 saturated carbocycles. The summed E-state index contributed by atoms with van der Waals surface area (Å²) in [6.07, 6.45) is -13.7.